The second kappa shape index (κ2) is 7.33. The predicted octanol–water partition coefficient (Wildman–Crippen LogP) is 5.52. The molecule has 2 bridgehead atoms. The second-order valence-corrected chi connectivity index (χ2v) is 10.9. The van der Waals surface area contributed by atoms with Gasteiger partial charge in [-0.15, -0.1) is 0 Å². The maximum Gasteiger partial charge on any atom is 0.138 e. The first-order chi connectivity index (χ1) is 14.8. The van der Waals surface area contributed by atoms with Crippen LogP contribution in [-0.4, -0.2) is 24.1 Å². The van der Waals surface area contributed by atoms with Gasteiger partial charge in [0.1, 0.15) is 11.5 Å². The molecule has 3 saturated carbocycles. The third kappa shape index (κ3) is 2.92. The summed E-state index contributed by atoms with van der Waals surface area (Å²) in [6.07, 6.45) is 9.18. The Kier molecular flexibility index (Phi) is 4.97. The minimum atomic E-state index is -0.680. The lowest BCUT2D eigenvalue weighted by Gasteiger charge is -2.46. The van der Waals surface area contributed by atoms with Crippen LogP contribution in [0.2, 0.25) is 0 Å². The van der Waals surface area contributed by atoms with Crippen molar-refractivity contribution in [1.29, 1.82) is 0 Å². The van der Waals surface area contributed by atoms with E-state index in [-0.39, 0.29) is 17.1 Å². The van der Waals surface area contributed by atoms with E-state index in [0.29, 0.717) is 24.2 Å². The highest BCUT2D eigenvalue weighted by Crippen LogP contribution is 2.73. The Balaban J connectivity index is 1.54. The zero-order chi connectivity index (χ0) is 22.0. The van der Waals surface area contributed by atoms with Gasteiger partial charge >= 0.3 is 0 Å². The number of carbonyl (C=O) groups excluding carboxylic acids is 1. The Morgan fingerprint density at radius 2 is 2.00 bits per heavy atom. The number of aryl methyl sites for hydroxylation is 1. The van der Waals surface area contributed by atoms with Crippen LogP contribution in [0.25, 0.3) is 0 Å². The molecule has 3 fully saturated rings. The van der Waals surface area contributed by atoms with Crippen LogP contribution < -0.4 is 4.74 Å². The first kappa shape index (κ1) is 21.0. The summed E-state index contributed by atoms with van der Waals surface area (Å²) in [5.41, 5.74) is 3.79. The van der Waals surface area contributed by atoms with Crippen LogP contribution in [0.4, 0.5) is 0 Å². The van der Waals surface area contributed by atoms with Crippen molar-refractivity contribution in [2.24, 2.45) is 34.5 Å². The first-order valence-corrected chi connectivity index (χ1v) is 12.0. The van der Waals surface area contributed by atoms with E-state index in [0.717, 1.165) is 25.0 Å². The number of fused-ring (bicyclic) bond motifs is 3. The standard InChI is InChI=1S/C28H36O3/c1-17-15-28-16-20(17)8-13-23(28)22-11-14-25(30)27(3,18(2)29)26(22)24(28)12-7-19-5-9-21(31-4)10-6-19/h5-6,9-11,20,23-26,30H,1,7-8,12-16H2,2-4H3/t20?,23?,24?,25?,26?,27-,28?/m1/s1. The number of ketones is 1. The van der Waals surface area contributed by atoms with Gasteiger partial charge in [-0.1, -0.05) is 35.9 Å². The normalized spacial score (nSPS) is 40.8. The van der Waals surface area contributed by atoms with E-state index < -0.39 is 11.5 Å². The second-order valence-electron chi connectivity index (χ2n) is 10.9. The molecule has 166 valence electrons. The average molecular weight is 421 g/mol. The van der Waals surface area contributed by atoms with Gasteiger partial charge in [0.05, 0.1) is 18.6 Å². The lowest BCUT2D eigenvalue weighted by atomic mass is 9.58. The third-order valence-electron chi connectivity index (χ3n) is 9.74. The van der Waals surface area contributed by atoms with Gasteiger partial charge in [0, 0.05) is 0 Å². The van der Waals surface area contributed by atoms with Crippen LogP contribution in [0, 0.1) is 34.5 Å². The van der Waals surface area contributed by atoms with E-state index in [9.17, 15) is 9.90 Å². The molecule has 4 aliphatic carbocycles. The largest absolute Gasteiger partial charge is 0.497 e. The van der Waals surface area contributed by atoms with Crippen LogP contribution in [0.3, 0.4) is 0 Å². The van der Waals surface area contributed by atoms with Crippen molar-refractivity contribution >= 4 is 5.78 Å². The minimum Gasteiger partial charge on any atom is -0.497 e. The number of ether oxygens (including phenoxy) is 1. The topological polar surface area (TPSA) is 46.5 Å². The highest BCUT2D eigenvalue weighted by molar-refractivity contribution is 5.84. The molecular weight excluding hydrogens is 384 g/mol. The van der Waals surface area contributed by atoms with Crippen molar-refractivity contribution in [2.45, 2.75) is 64.9 Å². The lowest BCUT2D eigenvalue weighted by Crippen LogP contribution is -2.49. The summed E-state index contributed by atoms with van der Waals surface area (Å²) in [4.78, 5) is 13.0. The summed E-state index contributed by atoms with van der Waals surface area (Å²) in [5, 5.41) is 11.1. The van der Waals surface area contributed by atoms with Crippen molar-refractivity contribution < 1.29 is 14.6 Å². The summed E-state index contributed by atoms with van der Waals surface area (Å²) in [6.45, 7) is 8.22. The summed E-state index contributed by atoms with van der Waals surface area (Å²) in [5.74, 6) is 2.80. The van der Waals surface area contributed by atoms with Crippen molar-refractivity contribution in [1.82, 2.24) is 0 Å². The summed E-state index contributed by atoms with van der Waals surface area (Å²) >= 11 is 0. The molecule has 6 unspecified atom stereocenters. The smallest absolute Gasteiger partial charge is 0.138 e. The monoisotopic (exact) mass is 420 g/mol. The molecule has 3 heteroatoms. The number of allylic oxidation sites excluding steroid dienone is 2. The zero-order valence-corrected chi connectivity index (χ0v) is 19.2. The molecule has 0 saturated heterocycles. The minimum absolute atomic E-state index is 0.147. The van der Waals surface area contributed by atoms with Gasteiger partial charge in [0.15, 0.2) is 0 Å². The van der Waals surface area contributed by atoms with Gasteiger partial charge in [-0.25, -0.2) is 0 Å². The molecule has 3 nitrogen and oxygen atoms in total. The van der Waals surface area contributed by atoms with Gasteiger partial charge in [0.25, 0.3) is 0 Å². The van der Waals surface area contributed by atoms with Crippen LogP contribution in [0.5, 0.6) is 5.75 Å². The van der Waals surface area contributed by atoms with Gasteiger partial charge in [-0.05, 0) is 106 Å². The average Bonchev–Trinajstić information content (AvgIpc) is 3.19. The van der Waals surface area contributed by atoms with Crippen LogP contribution in [0.1, 0.15) is 57.9 Å². The molecular formula is C28H36O3. The van der Waals surface area contributed by atoms with E-state index in [1.54, 1.807) is 14.0 Å². The molecule has 1 spiro atoms. The maximum absolute atomic E-state index is 13.0. The first-order valence-electron chi connectivity index (χ1n) is 12.0. The highest BCUT2D eigenvalue weighted by Gasteiger charge is 2.67. The number of hydrogen-bond acceptors (Lipinski definition) is 3. The van der Waals surface area contributed by atoms with Gasteiger partial charge < -0.3 is 9.84 Å². The molecule has 4 aliphatic rings. The summed E-state index contributed by atoms with van der Waals surface area (Å²) in [6, 6.07) is 8.40. The fraction of sp³-hybridized carbons (Fsp3) is 0.607. The number of rotatable bonds is 5. The van der Waals surface area contributed by atoms with Crippen molar-refractivity contribution in [3.05, 3.63) is 53.6 Å². The number of methoxy groups -OCH3 is 1. The molecule has 0 aliphatic heterocycles. The van der Waals surface area contributed by atoms with Crippen molar-refractivity contribution in [2.75, 3.05) is 7.11 Å². The maximum atomic E-state index is 13.0. The molecule has 7 atom stereocenters. The Hall–Kier alpha value is -1.87. The van der Waals surface area contributed by atoms with Crippen LogP contribution >= 0.6 is 0 Å². The van der Waals surface area contributed by atoms with E-state index in [4.69, 9.17) is 4.74 Å². The van der Waals surface area contributed by atoms with E-state index >= 15 is 0 Å². The van der Waals surface area contributed by atoms with Gasteiger partial charge in [0.2, 0.25) is 0 Å². The van der Waals surface area contributed by atoms with Crippen LogP contribution in [-0.2, 0) is 11.2 Å². The zero-order valence-electron chi connectivity index (χ0n) is 19.2. The Morgan fingerprint density at radius 3 is 2.68 bits per heavy atom. The van der Waals surface area contributed by atoms with E-state index in [1.807, 2.05) is 19.1 Å². The Morgan fingerprint density at radius 1 is 1.26 bits per heavy atom. The molecule has 0 aromatic heterocycles. The fourth-order valence-electron chi connectivity index (χ4n) is 8.05. The third-order valence-corrected chi connectivity index (χ3v) is 9.74. The predicted molar refractivity (Wildman–Crippen MR) is 123 cm³/mol. The number of carbonyl (C=O) groups is 1. The number of benzene rings is 1. The van der Waals surface area contributed by atoms with E-state index in [1.165, 1.54) is 36.0 Å². The molecule has 0 radical (unpaired) electrons. The Labute approximate surface area is 186 Å². The quantitative estimate of drug-likeness (QED) is 0.638. The van der Waals surface area contributed by atoms with Crippen LogP contribution in [0.15, 0.2) is 48.1 Å². The van der Waals surface area contributed by atoms with Gasteiger partial charge in [-0.3, -0.25) is 4.79 Å². The molecule has 0 amide bonds. The molecule has 31 heavy (non-hydrogen) atoms. The fourth-order valence-corrected chi connectivity index (χ4v) is 8.05. The lowest BCUT2D eigenvalue weighted by molar-refractivity contribution is -0.139. The number of aliphatic hydroxyl groups excluding tert-OH is 1. The highest BCUT2D eigenvalue weighted by atomic mass is 16.5. The van der Waals surface area contributed by atoms with Crippen molar-refractivity contribution in [3.8, 4) is 5.75 Å². The summed E-state index contributed by atoms with van der Waals surface area (Å²) < 4.78 is 5.32. The van der Waals surface area contributed by atoms with Gasteiger partial charge in [-0.2, -0.15) is 0 Å². The number of aliphatic hydroxyl groups is 1. The van der Waals surface area contributed by atoms with Crippen molar-refractivity contribution in [3.63, 3.8) is 0 Å². The molecule has 1 aromatic carbocycles. The number of hydrogen-bond donors (Lipinski definition) is 1. The Bertz CT molecular complexity index is 928. The SMILES string of the molecule is C=C1CC23CC1CCC2C1=CCC(O)[C@@](C)(C(C)=O)C1C3CCc1ccc(OC)cc1. The molecule has 1 aromatic rings. The number of Topliss-reactive ketones (excluding diaryl/α,β-unsaturated/α-hetero) is 1. The van der Waals surface area contributed by atoms with E-state index in [2.05, 4.69) is 24.8 Å². The molecule has 1 N–H and O–H groups in total. The molecule has 0 heterocycles. The summed E-state index contributed by atoms with van der Waals surface area (Å²) in [7, 11) is 1.70. The molecule has 5 rings (SSSR count).